The average Bonchev–Trinajstić information content (AvgIpc) is 2.85. The van der Waals surface area contributed by atoms with E-state index >= 15 is 0 Å². The fourth-order valence-corrected chi connectivity index (χ4v) is 3.55. The van der Waals surface area contributed by atoms with Gasteiger partial charge in [-0.3, -0.25) is 0 Å². The highest BCUT2D eigenvalue weighted by atomic mass is 32.2. The van der Waals surface area contributed by atoms with E-state index in [0.717, 1.165) is 12.8 Å². The van der Waals surface area contributed by atoms with Crippen LogP contribution in [0.2, 0.25) is 0 Å². The van der Waals surface area contributed by atoms with Crippen LogP contribution in [-0.4, -0.2) is 42.3 Å². The summed E-state index contributed by atoms with van der Waals surface area (Å²) in [5.41, 5.74) is 0. The number of hydrogen-bond acceptors (Lipinski definition) is 3. The highest BCUT2D eigenvalue weighted by Crippen LogP contribution is 2.31. The zero-order chi connectivity index (χ0) is 10.8. The molecule has 4 nitrogen and oxygen atoms in total. The number of aliphatic hydroxyl groups excluding tert-OH is 1. The summed E-state index contributed by atoms with van der Waals surface area (Å²) < 4.78 is 25.3. The highest BCUT2D eigenvalue weighted by molar-refractivity contribution is 7.90. The molecule has 14 heavy (non-hydrogen) atoms. The van der Waals surface area contributed by atoms with E-state index in [1.165, 1.54) is 4.31 Å². The molecule has 1 N–H and O–H groups in total. The second-order valence-corrected chi connectivity index (χ2v) is 6.19. The van der Waals surface area contributed by atoms with Crippen LogP contribution in [-0.2, 0) is 10.0 Å². The van der Waals surface area contributed by atoms with Crippen LogP contribution in [0.1, 0.15) is 33.1 Å². The Morgan fingerprint density at radius 3 is 2.36 bits per heavy atom. The van der Waals surface area contributed by atoms with E-state index in [-0.39, 0.29) is 17.9 Å². The molecule has 0 atom stereocenters. The fraction of sp³-hybridized carbons (Fsp3) is 1.00. The summed E-state index contributed by atoms with van der Waals surface area (Å²) >= 11 is 0. The van der Waals surface area contributed by atoms with Crippen LogP contribution in [0, 0.1) is 0 Å². The molecule has 0 amide bonds. The minimum absolute atomic E-state index is 0.00727. The second-order valence-electron chi connectivity index (χ2n) is 4.03. The Morgan fingerprint density at radius 1 is 1.43 bits per heavy atom. The summed E-state index contributed by atoms with van der Waals surface area (Å²) in [5.74, 6) is 0. The number of rotatable bonds is 6. The molecule has 5 heteroatoms. The van der Waals surface area contributed by atoms with Crippen molar-refractivity contribution in [3.05, 3.63) is 0 Å². The Hall–Kier alpha value is -0.130. The van der Waals surface area contributed by atoms with Gasteiger partial charge in [-0.25, -0.2) is 8.42 Å². The van der Waals surface area contributed by atoms with Crippen molar-refractivity contribution < 1.29 is 13.5 Å². The van der Waals surface area contributed by atoms with Crippen molar-refractivity contribution in [1.82, 2.24) is 4.31 Å². The van der Waals surface area contributed by atoms with Crippen molar-refractivity contribution >= 4 is 10.0 Å². The van der Waals surface area contributed by atoms with Gasteiger partial charge in [0.2, 0.25) is 10.0 Å². The Kier molecular flexibility index (Phi) is 3.92. The van der Waals surface area contributed by atoms with Crippen molar-refractivity contribution in [2.75, 3.05) is 13.2 Å². The lowest BCUT2D eigenvalue weighted by Crippen LogP contribution is -2.40. The molecule has 0 aromatic carbocycles. The van der Waals surface area contributed by atoms with Gasteiger partial charge in [0.05, 0.1) is 5.25 Å². The zero-order valence-corrected chi connectivity index (χ0v) is 9.63. The average molecular weight is 221 g/mol. The monoisotopic (exact) mass is 221 g/mol. The number of aliphatic hydroxyl groups is 1. The first-order valence-corrected chi connectivity index (χ1v) is 6.62. The molecule has 0 aromatic heterocycles. The van der Waals surface area contributed by atoms with Gasteiger partial charge >= 0.3 is 0 Å². The SMILES string of the molecule is CC(C)N(CCCO)S(=O)(=O)C1CC1. The summed E-state index contributed by atoms with van der Waals surface area (Å²) in [6.45, 7) is 4.23. The predicted molar refractivity (Wildman–Crippen MR) is 55.5 cm³/mol. The van der Waals surface area contributed by atoms with E-state index in [9.17, 15) is 8.42 Å². The van der Waals surface area contributed by atoms with Gasteiger partial charge in [0, 0.05) is 19.2 Å². The molecule has 84 valence electrons. The molecular weight excluding hydrogens is 202 g/mol. The molecule has 0 unspecified atom stereocenters. The van der Waals surface area contributed by atoms with Gasteiger partial charge in [-0.1, -0.05) is 0 Å². The smallest absolute Gasteiger partial charge is 0.217 e. The number of hydrogen-bond donors (Lipinski definition) is 1. The highest BCUT2D eigenvalue weighted by Gasteiger charge is 2.40. The van der Waals surface area contributed by atoms with Crippen LogP contribution in [0.25, 0.3) is 0 Å². The van der Waals surface area contributed by atoms with Crippen molar-refractivity contribution in [3.63, 3.8) is 0 Å². The van der Waals surface area contributed by atoms with Crippen molar-refractivity contribution in [3.8, 4) is 0 Å². The Labute approximate surface area is 86.0 Å². The first-order chi connectivity index (χ1) is 6.50. The maximum Gasteiger partial charge on any atom is 0.217 e. The lowest BCUT2D eigenvalue weighted by Gasteiger charge is -2.25. The van der Waals surface area contributed by atoms with Gasteiger partial charge in [-0.05, 0) is 33.1 Å². The van der Waals surface area contributed by atoms with Crippen molar-refractivity contribution in [1.29, 1.82) is 0 Å². The van der Waals surface area contributed by atoms with Crippen LogP contribution in [0.5, 0.6) is 0 Å². The van der Waals surface area contributed by atoms with Gasteiger partial charge in [0.15, 0.2) is 0 Å². The minimum Gasteiger partial charge on any atom is -0.396 e. The standard InChI is InChI=1S/C9H19NO3S/c1-8(2)10(6-3-7-11)14(12,13)9-4-5-9/h8-9,11H,3-7H2,1-2H3. The molecule has 0 aliphatic heterocycles. The van der Waals surface area contributed by atoms with E-state index in [0.29, 0.717) is 13.0 Å². The topological polar surface area (TPSA) is 57.6 Å². The van der Waals surface area contributed by atoms with Crippen LogP contribution >= 0.6 is 0 Å². The maximum atomic E-state index is 11.9. The normalized spacial score (nSPS) is 18.1. The molecule has 0 saturated heterocycles. The third-order valence-corrected chi connectivity index (χ3v) is 4.96. The van der Waals surface area contributed by atoms with Crippen molar-refractivity contribution in [2.45, 2.75) is 44.4 Å². The third-order valence-electron chi connectivity index (χ3n) is 2.39. The summed E-state index contributed by atoms with van der Waals surface area (Å²) in [6.07, 6.45) is 2.11. The van der Waals surface area contributed by atoms with Crippen LogP contribution < -0.4 is 0 Å². The molecule has 0 heterocycles. The van der Waals surface area contributed by atoms with E-state index in [1.54, 1.807) is 0 Å². The molecule has 1 aliphatic rings. The van der Waals surface area contributed by atoms with Crippen LogP contribution in [0.4, 0.5) is 0 Å². The summed E-state index contributed by atoms with van der Waals surface area (Å²) in [7, 11) is -3.08. The van der Waals surface area contributed by atoms with Gasteiger partial charge in [-0.15, -0.1) is 0 Å². The summed E-state index contributed by atoms with van der Waals surface area (Å²) in [4.78, 5) is 0. The molecular formula is C9H19NO3S. The maximum absolute atomic E-state index is 11.9. The molecule has 1 rings (SSSR count). The van der Waals surface area contributed by atoms with E-state index < -0.39 is 10.0 Å². The fourth-order valence-electron chi connectivity index (χ4n) is 1.46. The quantitative estimate of drug-likeness (QED) is 0.713. The molecule has 0 spiro atoms. The molecule has 0 aromatic rings. The van der Waals surface area contributed by atoms with Gasteiger partial charge in [-0.2, -0.15) is 4.31 Å². The molecule has 0 radical (unpaired) electrons. The van der Waals surface area contributed by atoms with E-state index in [4.69, 9.17) is 5.11 Å². The molecule has 1 saturated carbocycles. The lowest BCUT2D eigenvalue weighted by molar-refractivity contribution is 0.258. The zero-order valence-electron chi connectivity index (χ0n) is 8.81. The van der Waals surface area contributed by atoms with Crippen LogP contribution in [0.3, 0.4) is 0 Å². The molecule has 1 fully saturated rings. The van der Waals surface area contributed by atoms with Gasteiger partial charge < -0.3 is 5.11 Å². The van der Waals surface area contributed by atoms with E-state index in [2.05, 4.69) is 0 Å². The Bertz CT molecular complexity index is 270. The predicted octanol–water partition coefficient (Wildman–Crippen LogP) is 0.571. The van der Waals surface area contributed by atoms with Crippen LogP contribution in [0.15, 0.2) is 0 Å². The summed E-state index contributed by atoms with van der Waals surface area (Å²) in [6, 6.07) is -0.00727. The molecule has 0 bridgehead atoms. The third kappa shape index (κ3) is 2.68. The van der Waals surface area contributed by atoms with Gasteiger partial charge in [0.25, 0.3) is 0 Å². The lowest BCUT2D eigenvalue weighted by atomic mass is 10.3. The van der Waals surface area contributed by atoms with Crippen molar-refractivity contribution in [2.24, 2.45) is 0 Å². The Morgan fingerprint density at radius 2 is 2.00 bits per heavy atom. The largest absolute Gasteiger partial charge is 0.396 e. The Balaban J connectivity index is 2.66. The first-order valence-electron chi connectivity index (χ1n) is 5.11. The van der Waals surface area contributed by atoms with E-state index in [1.807, 2.05) is 13.8 Å². The second kappa shape index (κ2) is 4.59. The number of nitrogens with zero attached hydrogens (tertiary/aromatic N) is 1. The first kappa shape index (κ1) is 11.9. The summed E-state index contributed by atoms with van der Waals surface area (Å²) in [5, 5.41) is 8.55. The molecule has 1 aliphatic carbocycles. The van der Waals surface area contributed by atoms with Gasteiger partial charge in [0.1, 0.15) is 0 Å². The number of sulfonamides is 1. The minimum atomic E-state index is -3.08.